The molecule has 3 unspecified atom stereocenters. The fourth-order valence-electron chi connectivity index (χ4n) is 5.91. The minimum absolute atomic E-state index is 0.0225. The van der Waals surface area contributed by atoms with Gasteiger partial charge in [0.05, 0.1) is 26.4 Å². The molecular weight excluding hydrogens is 751 g/mol. The standard InChI is InChI=1S/C48H85O9P/c1-3-5-7-9-11-13-15-17-19-21-22-23-25-27-29-31-33-35-37-39-41-54-44-47(45-56-58(52,53)55-43-46(50)42-49)57-48(51)40-38-36-34-32-30-28-26-24-20-18-16-14-12-10-8-6-4-2/h6,8,12,14,17-20,26,28,32,34,46-47,49-50H,3-5,7,9-11,13,15-16,21-25,27,29-31,33,35-45H2,1-2H3,(H,52,53)/b8-6-,14-12-,19-17-,20-18-,28-26-,34-32-. The van der Waals surface area contributed by atoms with E-state index in [1.807, 2.05) is 6.08 Å². The van der Waals surface area contributed by atoms with Gasteiger partial charge in [0.15, 0.2) is 0 Å². The van der Waals surface area contributed by atoms with Gasteiger partial charge in [-0.1, -0.05) is 170 Å². The number of allylic oxidation sites excluding steroid dienone is 12. The first kappa shape index (κ1) is 55.9. The number of ether oxygens (including phenoxy) is 2. The molecule has 0 amide bonds. The Hall–Kier alpha value is -2.10. The van der Waals surface area contributed by atoms with Crippen molar-refractivity contribution >= 4 is 13.8 Å². The monoisotopic (exact) mass is 837 g/mol. The molecule has 0 aliphatic rings. The fourth-order valence-corrected chi connectivity index (χ4v) is 6.70. The topological polar surface area (TPSA) is 132 Å². The van der Waals surface area contributed by atoms with Crippen LogP contribution in [0.25, 0.3) is 0 Å². The summed E-state index contributed by atoms with van der Waals surface area (Å²) in [5, 5.41) is 18.4. The van der Waals surface area contributed by atoms with Crippen molar-refractivity contribution in [2.75, 3.05) is 33.0 Å². The third-order valence-corrected chi connectivity index (χ3v) is 10.3. The number of aliphatic hydroxyl groups excluding tert-OH is 2. The van der Waals surface area contributed by atoms with Gasteiger partial charge in [-0.15, -0.1) is 0 Å². The molecule has 336 valence electrons. The van der Waals surface area contributed by atoms with E-state index in [4.69, 9.17) is 23.6 Å². The molecule has 0 heterocycles. The number of carbonyl (C=O) groups excluding carboxylic acids is 1. The molecule has 0 bridgehead atoms. The van der Waals surface area contributed by atoms with Gasteiger partial charge in [0.1, 0.15) is 12.2 Å². The van der Waals surface area contributed by atoms with E-state index in [0.717, 1.165) is 57.8 Å². The second kappa shape index (κ2) is 44.5. The Morgan fingerprint density at radius 2 is 0.983 bits per heavy atom. The zero-order valence-corrected chi connectivity index (χ0v) is 37.6. The van der Waals surface area contributed by atoms with Crippen LogP contribution < -0.4 is 0 Å². The number of aliphatic hydroxyl groups is 2. The van der Waals surface area contributed by atoms with E-state index in [1.165, 1.54) is 96.3 Å². The van der Waals surface area contributed by atoms with Crippen molar-refractivity contribution in [3.8, 4) is 0 Å². The van der Waals surface area contributed by atoms with Crippen molar-refractivity contribution in [3.63, 3.8) is 0 Å². The fraction of sp³-hybridized carbons (Fsp3) is 0.729. The van der Waals surface area contributed by atoms with Gasteiger partial charge < -0.3 is 24.6 Å². The highest BCUT2D eigenvalue weighted by Gasteiger charge is 2.26. The smallest absolute Gasteiger partial charge is 0.457 e. The molecule has 0 saturated heterocycles. The van der Waals surface area contributed by atoms with Crippen LogP contribution in [0.4, 0.5) is 0 Å². The average Bonchev–Trinajstić information content (AvgIpc) is 3.21. The van der Waals surface area contributed by atoms with Gasteiger partial charge in [-0.25, -0.2) is 4.57 Å². The van der Waals surface area contributed by atoms with Crippen molar-refractivity contribution in [1.29, 1.82) is 0 Å². The quantitative estimate of drug-likeness (QED) is 0.0238. The molecule has 0 rings (SSSR count). The summed E-state index contributed by atoms with van der Waals surface area (Å²) in [6, 6.07) is 0. The second-order valence-electron chi connectivity index (χ2n) is 15.0. The number of phosphoric ester groups is 1. The van der Waals surface area contributed by atoms with E-state index in [0.29, 0.717) is 13.0 Å². The van der Waals surface area contributed by atoms with Gasteiger partial charge in [-0.2, -0.15) is 0 Å². The number of hydrogen-bond donors (Lipinski definition) is 3. The Labute approximate surface area is 354 Å². The van der Waals surface area contributed by atoms with Gasteiger partial charge in [-0.3, -0.25) is 13.8 Å². The number of esters is 1. The Morgan fingerprint density at radius 1 is 0.552 bits per heavy atom. The van der Waals surface area contributed by atoms with Gasteiger partial charge in [0.25, 0.3) is 0 Å². The average molecular weight is 837 g/mol. The maximum absolute atomic E-state index is 12.6. The van der Waals surface area contributed by atoms with E-state index in [-0.39, 0.29) is 13.0 Å². The summed E-state index contributed by atoms with van der Waals surface area (Å²) < 4.78 is 33.4. The maximum atomic E-state index is 12.6. The number of carbonyl (C=O) groups is 1. The van der Waals surface area contributed by atoms with Crippen LogP contribution in [-0.4, -0.2) is 66.3 Å². The van der Waals surface area contributed by atoms with E-state index >= 15 is 0 Å². The molecule has 0 fully saturated rings. The molecular formula is C48H85O9P. The van der Waals surface area contributed by atoms with Gasteiger partial charge in [0.2, 0.25) is 0 Å². The van der Waals surface area contributed by atoms with Crippen LogP contribution in [0.5, 0.6) is 0 Å². The van der Waals surface area contributed by atoms with Gasteiger partial charge >= 0.3 is 13.8 Å². The maximum Gasteiger partial charge on any atom is 0.472 e. The van der Waals surface area contributed by atoms with Crippen molar-refractivity contribution < 1.29 is 43.0 Å². The van der Waals surface area contributed by atoms with Crippen LogP contribution in [-0.2, 0) is 27.9 Å². The lowest BCUT2D eigenvalue weighted by Gasteiger charge is -2.20. The van der Waals surface area contributed by atoms with E-state index < -0.39 is 45.8 Å². The summed E-state index contributed by atoms with van der Waals surface area (Å²) in [5.74, 6) is -0.440. The number of unbranched alkanes of at least 4 members (excludes halogenated alkanes) is 17. The van der Waals surface area contributed by atoms with Crippen LogP contribution in [0.15, 0.2) is 72.9 Å². The summed E-state index contributed by atoms with van der Waals surface area (Å²) in [5.41, 5.74) is 0. The van der Waals surface area contributed by atoms with Gasteiger partial charge in [-0.05, 0) is 77.0 Å². The van der Waals surface area contributed by atoms with Gasteiger partial charge in [0, 0.05) is 13.0 Å². The van der Waals surface area contributed by atoms with Crippen molar-refractivity contribution in [1.82, 2.24) is 0 Å². The van der Waals surface area contributed by atoms with Crippen LogP contribution >= 0.6 is 7.82 Å². The van der Waals surface area contributed by atoms with Crippen LogP contribution in [0.1, 0.15) is 181 Å². The molecule has 0 saturated carbocycles. The molecule has 9 nitrogen and oxygen atoms in total. The number of phosphoric acid groups is 1. The van der Waals surface area contributed by atoms with E-state index in [9.17, 15) is 19.4 Å². The third-order valence-electron chi connectivity index (χ3n) is 9.38. The summed E-state index contributed by atoms with van der Waals surface area (Å²) in [6.45, 7) is 3.32. The summed E-state index contributed by atoms with van der Waals surface area (Å²) >= 11 is 0. The van der Waals surface area contributed by atoms with Crippen LogP contribution in [0.3, 0.4) is 0 Å². The zero-order chi connectivity index (χ0) is 42.5. The molecule has 3 atom stereocenters. The first-order chi connectivity index (χ1) is 28.3. The highest BCUT2D eigenvalue weighted by Crippen LogP contribution is 2.43. The SMILES string of the molecule is CC/C=C\C/C=C\C/C=C\C/C=C\C/C=C\CCCC(=O)OC(COCCCCCCCCCCCC/C=C\CCCCCCCC)COP(=O)(O)OCC(O)CO. The van der Waals surface area contributed by atoms with Crippen molar-refractivity contribution in [3.05, 3.63) is 72.9 Å². The Kier molecular flexibility index (Phi) is 42.8. The van der Waals surface area contributed by atoms with Crippen LogP contribution in [0, 0.1) is 0 Å². The predicted molar refractivity (Wildman–Crippen MR) is 242 cm³/mol. The van der Waals surface area contributed by atoms with Crippen LogP contribution in [0.2, 0.25) is 0 Å². The molecule has 0 spiro atoms. The number of rotatable bonds is 43. The zero-order valence-electron chi connectivity index (χ0n) is 36.7. The molecule has 10 heteroatoms. The summed E-state index contributed by atoms with van der Waals surface area (Å²) in [7, 11) is -4.54. The first-order valence-electron chi connectivity index (χ1n) is 22.9. The minimum atomic E-state index is -4.54. The third kappa shape index (κ3) is 43.5. The highest BCUT2D eigenvalue weighted by atomic mass is 31.2. The lowest BCUT2D eigenvalue weighted by Crippen LogP contribution is -2.29. The molecule has 3 N–H and O–H groups in total. The molecule has 0 aromatic carbocycles. The lowest BCUT2D eigenvalue weighted by molar-refractivity contribution is -0.154. The summed E-state index contributed by atoms with van der Waals surface area (Å²) in [6.07, 6.45) is 53.0. The highest BCUT2D eigenvalue weighted by molar-refractivity contribution is 7.47. The molecule has 0 aromatic heterocycles. The van der Waals surface area contributed by atoms with Crippen molar-refractivity contribution in [2.45, 2.75) is 193 Å². The molecule has 0 aliphatic carbocycles. The van der Waals surface area contributed by atoms with E-state index in [2.05, 4.69) is 80.7 Å². The predicted octanol–water partition coefficient (Wildman–Crippen LogP) is 12.9. The molecule has 58 heavy (non-hydrogen) atoms. The largest absolute Gasteiger partial charge is 0.472 e. The first-order valence-corrected chi connectivity index (χ1v) is 24.4. The number of hydrogen-bond acceptors (Lipinski definition) is 8. The van der Waals surface area contributed by atoms with E-state index in [1.54, 1.807) is 0 Å². The Morgan fingerprint density at radius 3 is 1.50 bits per heavy atom. The Balaban J connectivity index is 4.22. The molecule has 0 radical (unpaired) electrons. The minimum Gasteiger partial charge on any atom is -0.457 e. The van der Waals surface area contributed by atoms with Crippen molar-refractivity contribution in [2.24, 2.45) is 0 Å². The molecule has 0 aromatic rings. The lowest BCUT2D eigenvalue weighted by atomic mass is 10.1. The summed E-state index contributed by atoms with van der Waals surface area (Å²) in [4.78, 5) is 22.6. The Bertz CT molecular complexity index is 1130. The second-order valence-corrected chi connectivity index (χ2v) is 16.5. The molecule has 0 aliphatic heterocycles. The normalized spacial score (nSPS) is 14.6.